The molecule has 1 heterocycles. The van der Waals surface area contributed by atoms with Crippen LogP contribution in [-0.4, -0.2) is 50.9 Å². The molecule has 116 valence electrons. The van der Waals surface area contributed by atoms with Gasteiger partial charge in [0.15, 0.2) is 6.23 Å². The van der Waals surface area contributed by atoms with E-state index in [0.717, 1.165) is 6.07 Å². The van der Waals surface area contributed by atoms with E-state index in [1.807, 2.05) is 0 Å². The lowest BCUT2D eigenvalue weighted by Crippen LogP contribution is -2.58. The molecule has 0 aromatic heterocycles. The molecule has 5 atom stereocenters. The molecule has 1 saturated heterocycles. The number of nitrogens with one attached hydrogen (secondary N) is 1. The fraction of sp³-hybridized carbons (Fsp3) is 0.500. The molecule has 0 amide bonds. The lowest BCUT2D eigenvalue weighted by atomic mass is 9.99. The summed E-state index contributed by atoms with van der Waals surface area (Å²) in [6.07, 6.45) is -5.94. The summed E-state index contributed by atoms with van der Waals surface area (Å²) in [7, 11) is 0. The van der Waals surface area contributed by atoms with Gasteiger partial charge >= 0.3 is 0 Å². The molecule has 0 spiro atoms. The minimum Gasteiger partial charge on any atom is -0.388 e. The van der Waals surface area contributed by atoms with Crippen LogP contribution in [0.1, 0.15) is 6.92 Å². The molecular weight excluding hydrogens is 304 g/mol. The fourth-order valence-electron chi connectivity index (χ4n) is 2.10. The second-order valence-corrected chi connectivity index (χ2v) is 5.23. The lowest BCUT2D eigenvalue weighted by molar-refractivity contribution is -0.384. The number of halogens is 1. The highest BCUT2D eigenvalue weighted by molar-refractivity contribution is 6.30. The Labute approximate surface area is 125 Å². The maximum absolute atomic E-state index is 11.0. The van der Waals surface area contributed by atoms with Crippen molar-refractivity contribution in [1.29, 1.82) is 0 Å². The average Bonchev–Trinajstić information content (AvgIpc) is 2.44. The number of nitro groups is 1. The summed E-state index contributed by atoms with van der Waals surface area (Å²) in [5.74, 6) is 0. The van der Waals surface area contributed by atoms with Gasteiger partial charge in [0, 0.05) is 11.1 Å². The van der Waals surface area contributed by atoms with E-state index < -0.39 is 35.6 Å². The van der Waals surface area contributed by atoms with Gasteiger partial charge in [-0.05, 0) is 19.1 Å². The van der Waals surface area contributed by atoms with Crippen LogP contribution in [0.25, 0.3) is 0 Å². The summed E-state index contributed by atoms with van der Waals surface area (Å²) in [5, 5.41) is 43.0. The maximum Gasteiger partial charge on any atom is 0.293 e. The van der Waals surface area contributed by atoms with Gasteiger partial charge in [-0.1, -0.05) is 11.6 Å². The van der Waals surface area contributed by atoms with Crippen LogP contribution in [0.5, 0.6) is 0 Å². The first-order chi connectivity index (χ1) is 9.81. The molecule has 0 radical (unpaired) electrons. The molecule has 0 saturated carbocycles. The molecule has 9 heteroatoms. The summed E-state index contributed by atoms with van der Waals surface area (Å²) >= 11 is 5.71. The van der Waals surface area contributed by atoms with E-state index in [0.29, 0.717) is 0 Å². The zero-order chi connectivity index (χ0) is 15.7. The van der Waals surface area contributed by atoms with E-state index in [1.54, 1.807) is 0 Å². The van der Waals surface area contributed by atoms with Gasteiger partial charge in [0.2, 0.25) is 0 Å². The van der Waals surface area contributed by atoms with E-state index >= 15 is 0 Å². The Bertz CT molecular complexity index is 542. The first-order valence-electron chi connectivity index (χ1n) is 6.21. The van der Waals surface area contributed by atoms with Crippen molar-refractivity contribution in [1.82, 2.24) is 0 Å². The largest absolute Gasteiger partial charge is 0.388 e. The van der Waals surface area contributed by atoms with E-state index in [4.69, 9.17) is 16.3 Å². The van der Waals surface area contributed by atoms with Crippen LogP contribution >= 0.6 is 11.6 Å². The van der Waals surface area contributed by atoms with Gasteiger partial charge in [0.05, 0.1) is 11.0 Å². The van der Waals surface area contributed by atoms with Crippen molar-refractivity contribution in [3.05, 3.63) is 33.3 Å². The number of anilines is 1. The first kappa shape index (κ1) is 15.9. The third kappa shape index (κ3) is 3.25. The van der Waals surface area contributed by atoms with Crippen LogP contribution in [0, 0.1) is 10.1 Å². The molecule has 8 nitrogen and oxygen atoms in total. The molecular formula is C12H15ClN2O6. The number of benzene rings is 1. The Kier molecular flexibility index (Phi) is 4.64. The molecule has 21 heavy (non-hydrogen) atoms. The normalized spacial score (nSPS) is 32.7. The average molecular weight is 319 g/mol. The molecule has 4 N–H and O–H groups in total. The van der Waals surface area contributed by atoms with E-state index in [9.17, 15) is 25.4 Å². The molecule has 2 rings (SSSR count). The van der Waals surface area contributed by atoms with Gasteiger partial charge in [0.1, 0.15) is 24.0 Å². The van der Waals surface area contributed by atoms with Crippen molar-refractivity contribution in [2.24, 2.45) is 0 Å². The van der Waals surface area contributed by atoms with Crippen LogP contribution in [-0.2, 0) is 4.74 Å². The van der Waals surface area contributed by atoms with Crippen LogP contribution in [0.2, 0.25) is 5.02 Å². The molecule has 0 bridgehead atoms. The van der Waals surface area contributed by atoms with Gasteiger partial charge < -0.3 is 25.4 Å². The predicted molar refractivity (Wildman–Crippen MR) is 74.1 cm³/mol. The first-order valence-corrected chi connectivity index (χ1v) is 6.59. The molecule has 1 fully saturated rings. The van der Waals surface area contributed by atoms with Crippen molar-refractivity contribution in [2.45, 2.75) is 37.6 Å². The highest BCUT2D eigenvalue weighted by atomic mass is 35.5. The van der Waals surface area contributed by atoms with Crippen molar-refractivity contribution < 1.29 is 25.0 Å². The lowest BCUT2D eigenvalue weighted by Gasteiger charge is -2.39. The molecule has 1 aromatic carbocycles. The number of nitro benzene ring substituents is 1. The van der Waals surface area contributed by atoms with Gasteiger partial charge in [0.25, 0.3) is 5.69 Å². The van der Waals surface area contributed by atoms with Gasteiger partial charge in [-0.3, -0.25) is 10.1 Å². The zero-order valence-electron chi connectivity index (χ0n) is 11.0. The molecule has 0 aliphatic carbocycles. The minimum absolute atomic E-state index is 0.0873. The van der Waals surface area contributed by atoms with Gasteiger partial charge in [-0.15, -0.1) is 0 Å². The highest BCUT2D eigenvalue weighted by Crippen LogP contribution is 2.30. The Balaban J connectivity index is 2.24. The van der Waals surface area contributed by atoms with Gasteiger partial charge in [-0.2, -0.15) is 0 Å². The number of nitrogens with zero attached hydrogens (tertiary/aromatic N) is 1. The standard InChI is InChI=1S/C12H15ClN2O6/c1-5-9(16)10(17)11(18)12(21-5)14-7-3-2-6(13)4-8(7)15(19)20/h2-5,9-12,14,16-18H,1H3. The van der Waals surface area contributed by atoms with Gasteiger partial charge in [-0.25, -0.2) is 0 Å². The molecule has 5 unspecified atom stereocenters. The predicted octanol–water partition coefficient (Wildman–Crippen LogP) is 0.488. The van der Waals surface area contributed by atoms with Crippen LogP contribution in [0.3, 0.4) is 0 Å². The number of hydrogen-bond acceptors (Lipinski definition) is 7. The fourth-order valence-corrected chi connectivity index (χ4v) is 2.27. The van der Waals surface area contributed by atoms with Crippen LogP contribution in [0.15, 0.2) is 18.2 Å². The number of rotatable bonds is 3. The van der Waals surface area contributed by atoms with Crippen LogP contribution < -0.4 is 5.32 Å². The SMILES string of the molecule is CC1OC(Nc2ccc(Cl)cc2[N+](=O)[O-])C(O)C(O)C1O. The molecule has 1 aromatic rings. The van der Waals surface area contributed by atoms with Crippen molar-refractivity contribution in [3.63, 3.8) is 0 Å². The second-order valence-electron chi connectivity index (χ2n) is 4.80. The van der Waals surface area contributed by atoms with E-state index in [-0.39, 0.29) is 16.4 Å². The topological polar surface area (TPSA) is 125 Å². The molecule has 1 aliphatic rings. The number of aliphatic hydroxyl groups excluding tert-OH is 3. The number of aliphatic hydroxyl groups is 3. The highest BCUT2D eigenvalue weighted by Gasteiger charge is 2.42. The second kappa shape index (κ2) is 6.12. The smallest absolute Gasteiger partial charge is 0.293 e. The Hall–Kier alpha value is -1.45. The summed E-state index contributed by atoms with van der Waals surface area (Å²) in [5.41, 5.74) is -0.198. The summed E-state index contributed by atoms with van der Waals surface area (Å²) < 4.78 is 5.32. The van der Waals surface area contributed by atoms with Crippen molar-refractivity contribution >= 4 is 23.0 Å². The Morgan fingerprint density at radius 2 is 1.95 bits per heavy atom. The van der Waals surface area contributed by atoms with E-state index in [1.165, 1.54) is 19.1 Å². The summed E-state index contributed by atoms with van der Waals surface area (Å²) in [6.45, 7) is 1.52. The van der Waals surface area contributed by atoms with Crippen LogP contribution in [0.4, 0.5) is 11.4 Å². The zero-order valence-corrected chi connectivity index (χ0v) is 11.8. The van der Waals surface area contributed by atoms with Crippen molar-refractivity contribution in [2.75, 3.05) is 5.32 Å². The Morgan fingerprint density at radius 1 is 1.29 bits per heavy atom. The summed E-state index contributed by atoms with van der Waals surface area (Å²) in [6, 6.07) is 3.98. The Morgan fingerprint density at radius 3 is 2.57 bits per heavy atom. The van der Waals surface area contributed by atoms with E-state index in [2.05, 4.69) is 5.32 Å². The maximum atomic E-state index is 11.0. The number of ether oxygens (including phenoxy) is 1. The molecule has 1 aliphatic heterocycles. The minimum atomic E-state index is -1.44. The quantitative estimate of drug-likeness (QED) is 0.472. The number of hydrogen-bond donors (Lipinski definition) is 4. The summed E-state index contributed by atoms with van der Waals surface area (Å²) in [4.78, 5) is 10.4. The third-order valence-electron chi connectivity index (χ3n) is 3.31. The monoisotopic (exact) mass is 318 g/mol. The third-order valence-corrected chi connectivity index (χ3v) is 3.54. The van der Waals surface area contributed by atoms with Crippen molar-refractivity contribution in [3.8, 4) is 0 Å².